The molecule has 0 radical (unpaired) electrons. The quantitative estimate of drug-likeness (QED) is 0.374. The summed E-state index contributed by atoms with van der Waals surface area (Å²) >= 11 is 0. The van der Waals surface area contributed by atoms with Gasteiger partial charge in [-0.25, -0.2) is 0 Å². The van der Waals surface area contributed by atoms with Crippen LogP contribution < -0.4 is 20.3 Å². The summed E-state index contributed by atoms with van der Waals surface area (Å²) < 4.78 is 5.50. The van der Waals surface area contributed by atoms with Crippen molar-refractivity contribution in [2.75, 3.05) is 38.2 Å². The molecule has 1 aromatic rings. The van der Waals surface area contributed by atoms with Crippen LogP contribution in [-0.4, -0.2) is 45.3 Å². The molecule has 2 fully saturated rings. The summed E-state index contributed by atoms with van der Waals surface area (Å²) in [5, 5.41) is 6.98. The van der Waals surface area contributed by atoms with Gasteiger partial charge < -0.3 is 20.3 Å². The van der Waals surface area contributed by atoms with Gasteiger partial charge >= 0.3 is 0 Å². The van der Waals surface area contributed by atoms with Crippen LogP contribution in [0.1, 0.15) is 32.6 Å². The first-order valence-electron chi connectivity index (χ1n) is 9.23. The zero-order chi connectivity index (χ0) is 16.8. The molecule has 6 heteroatoms. The number of anilines is 1. The SMILES string of the molecule is CCNC(=NCCC1CC1)NC1CCN(c2ccccc2OC)C1.I. The third-order valence-corrected chi connectivity index (χ3v) is 4.80. The van der Waals surface area contributed by atoms with Gasteiger partial charge in [0.2, 0.25) is 0 Å². The molecule has 1 saturated carbocycles. The summed E-state index contributed by atoms with van der Waals surface area (Å²) in [7, 11) is 1.74. The van der Waals surface area contributed by atoms with Crippen LogP contribution in [-0.2, 0) is 0 Å². The second-order valence-corrected chi connectivity index (χ2v) is 6.74. The average molecular weight is 458 g/mol. The van der Waals surface area contributed by atoms with Gasteiger partial charge in [-0.1, -0.05) is 25.0 Å². The van der Waals surface area contributed by atoms with Crippen molar-refractivity contribution in [3.8, 4) is 5.75 Å². The maximum absolute atomic E-state index is 5.50. The molecule has 140 valence electrons. The molecule has 1 aliphatic carbocycles. The molecular weight excluding hydrogens is 427 g/mol. The van der Waals surface area contributed by atoms with Crippen molar-refractivity contribution >= 4 is 35.6 Å². The van der Waals surface area contributed by atoms with Gasteiger partial charge in [0, 0.05) is 32.2 Å². The predicted molar refractivity (Wildman–Crippen MR) is 115 cm³/mol. The average Bonchev–Trinajstić information content (AvgIpc) is 3.31. The van der Waals surface area contributed by atoms with Gasteiger partial charge in [0.15, 0.2) is 5.96 Å². The maximum atomic E-state index is 5.50. The number of methoxy groups -OCH3 is 1. The second-order valence-electron chi connectivity index (χ2n) is 6.74. The van der Waals surface area contributed by atoms with Gasteiger partial charge in [-0.05, 0) is 37.8 Å². The number of nitrogens with one attached hydrogen (secondary N) is 2. The number of hydrogen-bond acceptors (Lipinski definition) is 3. The summed E-state index contributed by atoms with van der Waals surface area (Å²) in [5.74, 6) is 2.84. The molecule has 0 spiro atoms. The number of benzene rings is 1. The Morgan fingerprint density at radius 2 is 2.08 bits per heavy atom. The lowest BCUT2D eigenvalue weighted by molar-refractivity contribution is 0.415. The first kappa shape index (κ1) is 20.1. The highest BCUT2D eigenvalue weighted by molar-refractivity contribution is 14.0. The van der Waals surface area contributed by atoms with E-state index in [9.17, 15) is 0 Å². The van der Waals surface area contributed by atoms with Crippen molar-refractivity contribution in [3.63, 3.8) is 0 Å². The van der Waals surface area contributed by atoms with Crippen LogP contribution in [0.5, 0.6) is 5.75 Å². The fourth-order valence-corrected chi connectivity index (χ4v) is 3.27. The third kappa shape index (κ3) is 5.94. The largest absolute Gasteiger partial charge is 0.495 e. The molecule has 0 bridgehead atoms. The van der Waals surface area contributed by atoms with E-state index in [2.05, 4.69) is 34.6 Å². The highest BCUT2D eigenvalue weighted by Gasteiger charge is 2.25. The first-order chi connectivity index (χ1) is 11.8. The molecule has 1 atom stereocenters. The molecule has 1 unspecified atom stereocenters. The van der Waals surface area contributed by atoms with Gasteiger partial charge in [-0.2, -0.15) is 0 Å². The van der Waals surface area contributed by atoms with E-state index < -0.39 is 0 Å². The molecule has 3 rings (SSSR count). The van der Waals surface area contributed by atoms with E-state index in [1.165, 1.54) is 24.9 Å². The topological polar surface area (TPSA) is 48.9 Å². The van der Waals surface area contributed by atoms with E-state index in [0.29, 0.717) is 6.04 Å². The van der Waals surface area contributed by atoms with E-state index in [1.807, 2.05) is 12.1 Å². The highest BCUT2D eigenvalue weighted by atomic mass is 127. The van der Waals surface area contributed by atoms with Crippen LogP contribution in [0.15, 0.2) is 29.3 Å². The van der Waals surface area contributed by atoms with E-state index >= 15 is 0 Å². The molecular formula is C19H31IN4O. The standard InChI is InChI=1S/C19H30N4O.HI/c1-3-20-19(21-12-10-15-8-9-15)22-16-11-13-23(14-16)17-6-4-5-7-18(17)24-2;/h4-7,15-16H,3,8-14H2,1-2H3,(H2,20,21,22);1H. The fraction of sp³-hybridized carbons (Fsp3) is 0.632. The zero-order valence-electron chi connectivity index (χ0n) is 15.3. The van der Waals surface area contributed by atoms with Gasteiger partial charge in [-0.15, -0.1) is 24.0 Å². The lowest BCUT2D eigenvalue weighted by Crippen LogP contribution is -2.44. The summed E-state index contributed by atoms with van der Waals surface area (Å²) in [6.45, 7) is 5.97. The minimum Gasteiger partial charge on any atom is -0.495 e. The number of halogens is 1. The zero-order valence-corrected chi connectivity index (χ0v) is 17.7. The molecule has 1 aliphatic heterocycles. The molecule has 5 nitrogen and oxygen atoms in total. The van der Waals surface area contributed by atoms with Crippen molar-refractivity contribution in [3.05, 3.63) is 24.3 Å². The number of hydrogen-bond donors (Lipinski definition) is 2. The molecule has 0 aromatic heterocycles. The van der Waals surface area contributed by atoms with Crippen LogP contribution >= 0.6 is 24.0 Å². The fourth-order valence-electron chi connectivity index (χ4n) is 3.27. The summed E-state index contributed by atoms with van der Waals surface area (Å²) in [6.07, 6.45) is 5.14. The van der Waals surface area contributed by atoms with Gasteiger partial charge in [0.25, 0.3) is 0 Å². The van der Waals surface area contributed by atoms with Gasteiger partial charge in [-0.3, -0.25) is 4.99 Å². The van der Waals surface area contributed by atoms with Crippen LogP contribution in [0.4, 0.5) is 5.69 Å². The van der Waals surface area contributed by atoms with E-state index in [4.69, 9.17) is 9.73 Å². The third-order valence-electron chi connectivity index (χ3n) is 4.80. The Morgan fingerprint density at radius 1 is 1.28 bits per heavy atom. The van der Waals surface area contributed by atoms with E-state index in [0.717, 1.165) is 50.2 Å². The monoisotopic (exact) mass is 458 g/mol. The Morgan fingerprint density at radius 3 is 2.80 bits per heavy atom. The van der Waals surface area contributed by atoms with Crippen LogP contribution in [0.25, 0.3) is 0 Å². The minimum atomic E-state index is 0. The molecule has 1 saturated heterocycles. The van der Waals surface area contributed by atoms with Gasteiger partial charge in [0.1, 0.15) is 5.75 Å². The van der Waals surface area contributed by atoms with Crippen molar-refractivity contribution in [1.82, 2.24) is 10.6 Å². The molecule has 0 amide bonds. The van der Waals surface area contributed by atoms with E-state index in [1.54, 1.807) is 7.11 Å². The molecule has 2 aliphatic rings. The number of para-hydroxylation sites is 2. The van der Waals surface area contributed by atoms with Crippen LogP contribution in [0.2, 0.25) is 0 Å². The van der Waals surface area contributed by atoms with Crippen molar-refractivity contribution in [2.45, 2.75) is 38.6 Å². The number of ether oxygens (including phenoxy) is 1. The van der Waals surface area contributed by atoms with Crippen molar-refractivity contribution < 1.29 is 4.74 Å². The maximum Gasteiger partial charge on any atom is 0.191 e. The number of rotatable bonds is 7. The van der Waals surface area contributed by atoms with E-state index in [-0.39, 0.29) is 24.0 Å². The van der Waals surface area contributed by atoms with Crippen molar-refractivity contribution in [1.29, 1.82) is 0 Å². The first-order valence-corrected chi connectivity index (χ1v) is 9.23. The Bertz CT molecular complexity index is 562. The number of guanidine groups is 1. The Labute approximate surface area is 168 Å². The Hall–Kier alpha value is -1.18. The molecule has 1 heterocycles. The predicted octanol–water partition coefficient (Wildman–Crippen LogP) is 3.25. The van der Waals surface area contributed by atoms with Crippen molar-refractivity contribution in [2.24, 2.45) is 10.9 Å². The molecule has 2 N–H and O–H groups in total. The normalized spacial score (nSPS) is 20.2. The number of nitrogens with zero attached hydrogens (tertiary/aromatic N) is 2. The summed E-state index contributed by atoms with van der Waals surface area (Å²) in [4.78, 5) is 7.13. The Balaban J connectivity index is 0.00000225. The van der Waals surface area contributed by atoms with Crippen LogP contribution in [0.3, 0.4) is 0 Å². The smallest absolute Gasteiger partial charge is 0.191 e. The molecule has 1 aromatic carbocycles. The molecule has 25 heavy (non-hydrogen) atoms. The van der Waals surface area contributed by atoms with Crippen LogP contribution in [0, 0.1) is 5.92 Å². The summed E-state index contributed by atoms with van der Waals surface area (Å²) in [6, 6.07) is 8.68. The Kier molecular flexibility index (Phi) is 8.12. The lowest BCUT2D eigenvalue weighted by atomic mass is 10.2. The number of aliphatic imine (C=N–C) groups is 1. The van der Waals surface area contributed by atoms with Gasteiger partial charge in [0.05, 0.1) is 12.8 Å². The highest BCUT2D eigenvalue weighted by Crippen LogP contribution is 2.32. The minimum absolute atomic E-state index is 0. The lowest BCUT2D eigenvalue weighted by Gasteiger charge is -2.22. The summed E-state index contributed by atoms with van der Waals surface area (Å²) in [5.41, 5.74) is 1.18. The second kappa shape index (κ2) is 10.1.